The molecule has 0 saturated heterocycles. The van der Waals surface area contributed by atoms with Crippen molar-refractivity contribution < 1.29 is 8.81 Å². The van der Waals surface area contributed by atoms with Crippen LogP contribution in [0.4, 0.5) is 4.39 Å². The number of hydrogen-bond acceptors (Lipinski definition) is 1. The van der Waals surface area contributed by atoms with Crippen LogP contribution >= 0.6 is 11.6 Å². The normalized spacial score (nSPS) is 10.9. The van der Waals surface area contributed by atoms with Crippen LogP contribution in [0.15, 0.2) is 22.8 Å². The topological polar surface area (TPSA) is 13.1 Å². The van der Waals surface area contributed by atoms with Crippen molar-refractivity contribution in [1.82, 2.24) is 0 Å². The lowest BCUT2D eigenvalue weighted by atomic mass is 10.2. The monoisotopic (exact) mass is 184 g/mol. The number of aryl methyl sites for hydroxylation is 1. The predicted octanol–water partition coefficient (Wildman–Crippen LogP) is 3.53. The molecule has 62 valence electrons. The van der Waals surface area contributed by atoms with E-state index < -0.39 is 0 Å². The Balaban J connectivity index is 2.98. The number of benzene rings is 1. The van der Waals surface area contributed by atoms with E-state index in [0.717, 1.165) is 5.56 Å². The van der Waals surface area contributed by atoms with Gasteiger partial charge < -0.3 is 4.42 Å². The predicted molar refractivity (Wildman–Crippen MR) is 45.9 cm³/mol. The van der Waals surface area contributed by atoms with Crippen LogP contribution in [-0.4, -0.2) is 0 Å². The third kappa shape index (κ3) is 0.916. The third-order valence-corrected chi connectivity index (χ3v) is 2.10. The zero-order valence-corrected chi connectivity index (χ0v) is 7.15. The van der Waals surface area contributed by atoms with Gasteiger partial charge in [-0.05, 0) is 24.6 Å². The van der Waals surface area contributed by atoms with E-state index in [-0.39, 0.29) is 5.82 Å². The van der Waals surface area contributed by atoms with Crippen LogP contribution in [0.1, 0.15) is 5.56 Å². The summed E-state index contributed by atoms with van der Waals surface area (Å²) in [5, 5.41) is 0.919. The summed E-state index contributed by atoms with van der Waals surface area (Å²) in [7, 11) is 0. The molecule has 12 heavy (non-hydrogen) atoms. The lowest BCUT2D eigenvalue weighted by Gasteiger charge is -1.93. The molecule has 0 radical (unpaired) electrons. The Morgan fingerprint density at radius 3 is 2.83 bits per heavy atom. The molecular weight excluding hydrogens is 179 g/mol. The average Bonchev–Trinajstić information content (AvgIpc) is 2.42. The van der Waals surface area contributed by atoms with E-state index in [9.17, 15) is 4.39 Å². The Kier molecular flexibility index (Phi) is 1.58. The second kappa shape index (κ2) is 2.49. The summed E-state index contributed by atoms with van der Waals surface area (Å²) in [6.45, 7) is 1.78. The van der Waals surface area contributed by atoms with Crippen LogP contribution in [0.25, 0.3) is 11.0 Å². The minimum absolute atomic E-state index is 0.291. The lowest BCUT2D eigenvalue weighted by Crippen LogP contribution is -1.77. The Morgan fingerprint density at radius 1 is 1.42 bits per heavy atom. The molecule has 0 fully saturated rings. The van der Waals surface area contributed by atoms with Crippen molar-refractivity contribution in [2.24, 2.45) is 0 Å². The van der Waals surface area contributed by atoms with Gasteiger partial charge in [0.2, 0.25) is 0 Å². The Hall–Kier alpha value is -1.02. The first-order valence-corrected chi connectivity index (χ1v) is 3.90. The number of halogens is 2. The molecule has 1 aromatic heterocycles. The molecular formula is C9H6ClFO. The SMILES string of the molecule is Cc1coc2c(Cl)ccc(F)c12. The van der Waals surface area contributed by atoms with E-state index >= 15 is 0 Å². The molecule has 1 heterocycles. The molecule has 1 nitrogen and oxygen atoms in total. The lowest BCUT2D eigenvalue weighted by molar-refractivity contribution is 0.609. The van der Waals surface area contributed by atoms with Crippen LogP contribution in [0.3, 0.4) is 0 Å². The zero-order valence-electron chi connectivity index (χ0n) is 6.40. The molecule has 0 aliphatic carbocycles. The molecule has 0 spiro atoms. The van der Waals surface area contributed by atoms with Gasteiger partial charge in [0.15, 0.2) is 5.58 Å². The quantitative estimate of drug-likeness (QED) is 0.611. The number of hydrogen-bond donors (Lipinski definition) is 0. The largest absolute Gasteiger partial charge is 0.462 e. The van der Waals surface area contributed by atoms with E-state index in [1.165, 1.54) is 18.4 Å². The summed E-state index contributed by atoms with van der Waals surface area (Å²) in [6.07, 6.45) is 1.50. The first-order chi connectivity index (χ1) is 5.70. The van der Waals surface area contributed by atoms with Crippen molar-refractivity contribution in [3.8, 4) is 0 Å². The van der Waals surface area contributed by atoms with Gasteiger partial charge in [0.05, 0.1) is 16.7 Å². The number of rotatable bonds is 0. The second-order valence-corrected chi connectivity index (χ2v) is 3.06. The average molecular weight is 185 g/mol. The van der Waals surface area contributed by atoms with Gasteiger partial charge in [0.25, 0.3) is 0 Å². The maximum Gasteiger partial charge on any atom is 0.155 e. The Labute approximate surface area is 73.7 Å². The molecule has 0 saturated carbocycles. The molecule has 0 N–H and O–H groups in total. The van der Waals surface area contributed by atoms with Crippen LogP contribution in [0.5, 0.6) is 0 Å². The van der Waals surface area contributed by atoms with Crippen LogP contribution in [0, 0.1) is 12.7 Å². The third-order valence-electron chi connectivity index (χ3n) is 1.81. The zero-order chi connectivity index (χ0) is 8.72. The maximum absolute atomic E-state index is 13.1. The molecule has 0 amide bonds. The number of fused-ring (bicyclic) bond motifs is 1. The highest BCUT2D eigenvalue weighted by atomic mass is 35.5. The van der Waals surface area contributed by atoms with Crippen LogP contribution < -0.4 is 0 Å². The molecule has 1 aromatic carbocycles. The van der Waals surface area contributed by atoms with Crippen molar-refractivity contribution in [3.63, 3.8) is 0 Å². The minimum Gasteiger partial charge on any atom is -0.462 e. The van der Waals surface area contributed by atoms with Gasteiger partial charge in [-0.3, -0.25) is 0 Å². The summed E-state index contributed by atoms with van der Waals surface area (Å²) in [4.78, 5) is 0. The molecule has 0 aliphatic heterocycles. The molecule has 0 aliphatic rings. The summed E-state index contributed by atoms with van der Waals surface area (Å²) < 4.78 is 18.2. The minimum atomic E-state index is -0.291. The van der Waals surface area contributed by atoms with Gasteiger partial charge in [0, 0.05) is 0 Å². The van der Waals surface area contributed by atoms with Crippen LogP contribution in [0.2, 0.25) is 5.02 Å². The summed E-state index contributed by atoms with van der Waals surface area (Å²) in [5.41, 5.74) is 1.19. The standard InChI is InChI=1S/C9H6ClFO/c1-5-4-12-9-6(10)2-3-7(11)8(5)9/h2-4H,1H3. The first-order valence-electron chi connectivity index (χ1n) is 3.52. The van der Waals surface area contributed by atoms with Gasteiger partial charge in [0.1, 0.15) is 5.82 Å². The Bertz CT molecular complexity index is 433. The maximum atomic E-state index is 13.1. The summed E-state index contributed by atoms with van der Waals surface area (Å²) in [6, 6.07) is 2.83. The van der Waals surface area contributed by atoms with Crippen molar-refractivity contribution in [2.45, 2.75) is 6.92 Å². The van der Waals surface area contributed by atoms with E-state index in [4.69, 9.17) is 16.0 Å². The molecule has 3 heteroatoms. The van der Waals surface area contributed by atoms with Gasteiger partial charge in [-0.1, -0.05) is 11.6 Å². The molecule has 0 unspecified atom stereocenters. The molecule has 2 rings (SSSR count). The van der Waals surface area contributed by atoms with E-state index in [1.807, 2.05) is 0 Å². The highest BCUT2D eigenvalue weighted by Crippen LogP contribution is 2.29. The molecule has 0 atom stereocenters. The molecule has 2 aromatic rings. The van der Waals surface area contributed by atoms with E-state index in [0.29, 0.717) is 16.0 Å². The fraction of sp³-hybridized carbons (Fsp3) is 0.111. The van der Waals surface area contributed by atoms with Crippen molar-refractivity contribution in [3.05, 3.63) is 34.8 Å². The fourth-order valence-electron chi connectivity index (χ4n) is 1.22. The second-order valence-electron chi connectivity index (χ2n) is 2.65. The summed E-state index contributed by atoms with van der Waals surface area (Å²) in [5.74, 6) is -0.291. The van der Waals surface area contributed by atoms with E-state index in [2.05, 4.69) is 0 Å². The molecule has 0 bridgehead atoms. The summed E-state index contributed by atoms with van der Waals surface area (Å²) >= 11 is 5.78. The van der Waals surface area contributed by atoms with Gasteiger partial charge in [-0.2, -0.15) is 0 Å². The van der Waals surface area contributed by atoms with Gasteiger partial charge in [-0.15, -0.1) is 0 Å². The first kappa shape index (κ1) is 7.62. The van der Waals surface area contributed by atoms with Crippen molar-refractivity contribution in [1.29, 1.82) is 0 Å². The number of furan rings is 1. The van der Waals surface area contributed by atoms with Crippen LogP contribution in [-0.2, 0) is 0 Å². The van der Waals surface area contributed by atoms with E-state index in [1.54, 1.807) is 6.92 Å². The van der Waals surface area contributed by atoms with Crippen molar-refractivity contribution in [2.75, 3.05) is 0 Å². The Morgan fingerprint density at radius 2 is 2.17 bits per heavy atom. The highest BCUT2D eigenvalue weighted by Gasteiger charge is 2.10. The van der Waals surface area contributed by atoms with Crippen molar-refractivity contribution >= 4 is 22.6 Å². The van der Waals surface area contributed by atoms with Gasteiger partial charge in [-0.25, -0.2) is 4.39 Å². The smallest absolute Gasteiger partial charge is 0.155 e. The van der Waals surface area contributed by atoms with Gasteiger partial charge >= 0.3 is 0 Å². The fourth-order valence-corrected chi connectivity index (χ4v) is 1.42. The highest BCUT2D eigenvalue weighted by molar-refractivity contribution is 6.34.